The van der Waals surface area contributed by atoms with E-state index in [9.17, 15) is 5.11 Å². The van der Waals surface area contributed by atoms with Gasteiger partial charge in [-0.25, -0.2) is 0 Å². The Morgan fingerprint density at radius 3 is 2.17 bits per heavy atom. The van der Waals surface area contributed by atoms with E-state index in [2.05, 4.69) is 19.2 Å². The summed E-state index contributed by atoms with van der Waals surface area (Å²) >= 11 is 0. The van der Waals surface area contributed by atoms with Gasteiger partial charge in [0, 0.05) is 6.54 Å². The molecule has 0 spiro atoms. The van der Waals surface area contributed by atoms with E-state index >= 15 is 0 Å². The Morgan fingerprint density at radius 1 is 1.06 bits per heavy atom. The molecule has 1 atom stereocenters. The normalized spacial score (nSPS) is 13.1. The van der Waals surface area contributed by atoms with E-state index in [1.165, 1.54) is 0 Å². The van der Waals surface area contributed by atoms with Crippen molar-refractivity contribution in [3.8, 4) is 5.75 Å². The second-order valence-corrected chi connectivity index (χ2v) is 5.30. The SMILES string of the molecule is CC(C)CNCC(O)c1ccc(OC(C)C)cc1. The Hall–Kier alpha value is -1.06. The zero-order valence-electron chi connectivity index (χ0n) is 11.8. The lowest BCUT2D eigenvalue weighted by Gasteiger charge is -2.15. The first-order valence-electron chi connectivity index (χ1n) is 6.64. The molecule has 0 radical (unpaired) electrons. The van der Waals surface area contributed by atoms with Crippen molar-refractivity contribution in [2.75, 3.05) is 13.1 Å². The van der Waals surface area contributed by atoms with Crippen LogP contribution in [-0.2, 0) is 0 Å². The van der Waals surface area contributed by atoms with Gasteiger partial charge in [-0.15, -0.1) is 0 Å². The maximum absolute atomic E-state index is 10.0. The van der Waals surface area contributed by atoms with E-state index in [1.54, 1.807) is 0 Å². The Bertz CT molecular complexity index is 333. The van der Waals surface area contributed by atoms with Gasteiger partial charge in [0.2, 0.25) is 0 Å². The van der Waals surface area contributed by atoms with Gasteiger partial charge in [-0.3, -0.25) is 0 Å². The number of hydrogen-bond donors (Lipinski definition) is 2. The molecule has 0 aliphatic rings. The summed E-state index contributed by atoms with van der Waals surface area (Å²) in [5.41, 5.74) is 0.919. The minimum Gasteiger partial charge on any atom is -0.491 e. The molecule has 0 aromatic heterocycles. The average Bonchev–Trinajstić information content (AvgIpc) is 2.28. The van der Waals surface area contributed by atoms with Crippen LogP contribution in [-0.4, -0.2) is 24.3 Å². The summed E-state index contributed by atoms with van der Waals surface area (Å²) in [5.74, 6) is 1.44. The molecule has 0 heterocycles. The molecule has 1 aromatic rings. The quantitative estimate of drug-likeness (QED) is 0.783. The third kappa shape index (κ3) is 5.52. The first-order chi connectivity index (χ1) is 8.49. The van der Waals surface area contributed by atoms with Gasteiger partial charge >= 0.3 is 0 Å². The van der Waals surface area contributed by atoms with Gasteiger partial charge in [0.05, 0.1) is 12.2 Å². The molecule has 0 fully saturated rings. The Morgan fingerprint density at radius 2 is 1.67 bits per heavy atom. The van der Waals surface area contributed by atoms with Gasteiger partial charge in [0.25, 0.3) is 0 Å². The standard InChI is InChI=1S/C15H25NO2/c1-11(2)9-16-10-15(17)13-5-7-14(8-6-13)18-12(3)4/h5-8,11-12,15-17H,9-10H2,1-4H3. The summed E-state index contributed by atoms with van der Waals surface area (Å²) in [6.07, 6.45) is -0.287. The lowest BCUT2D eigenvalue weighted by molar-refractivity contribution is 0.173. The second-order valence-electron chi connectivity index (χ2n) is 5.30. The molecule has 3 heteroatoms. The highest BCUT2D eigenvalue weighted by Gasteiger charge is 2.07. The molecule has 102 valence electrons. The number of nitrogens with one attached hydrogen (secondary N) is 1. The van der Waals surface area contributed by atoms with Gasteiger partial charge < -0.3 is 15.2 Å². The minimum absolute atomic E-state index is 0.175. The lowest BCUT2D eigenvalue weighted by atomic mass is 10.1. The van der Waals surface area contributed by atoms with Crippen LogP contribution in [0.3, 0.4) is 0 Å². The molecule has 0 amide bonds. The van der Waals surface area contributed by atoms with E-state index < -0.39 is 6.10 Å². The van der Waals surface area contributed by atoms with Crippen LogP contribution in [0.15, 0.2) is 24.3 Å². The van der Waals surface area contributed by atoms with E-state index in [1.807, 2.05) is 38.1 Å². The first-order valence-corrected chi connectivity index (χ1v) is 6.64. The van der Waals surface area contributed by atoms with Gasteiger partial charge in [-0.2, -0.15) is 0 Å². The van der Waals surface area contributed by atoms with Crippen LogP contribution >= 0.6 is 0 Å². The van der Waals surface area contributed by atoms with Crippen LogP contribution < -0.4 is 10.1 Å². The second kappa shape index (κ2) is 7.39. The van der Waals surface area contributed by atoms with Crippen LogP contribution in [0.2, 0.25) is 0 Å². The van der Waals surface area contributed by atoms with Crippen molar-refractivity contribution < 1.29 is 9.84 Å². The van der Waals surface area contributed by atoms with Gasteiger partial charge in [0.1, 0.15) is 5.75 Å². The fourth-order valence-electron chi connectivity index (χ4n) is 1.67. The first kappa shape index (κ1) is 15.0. The van der Waals surface area contributed by atoms with E-state index in [0.717, 1.165) is 17.9 Å². The Kier molecular flexibility index (Phi) is 6.16. The molecule has 0 saturated heterocycles. The predicted molar refractivity (Wildman–Crippen MR) is 74.9 cm³/mol. The molecular weight excluding hydrogens is 226 g/mol. The Balaban J connectivity index is 2.46. The maximum atomic E-state index is 10.0. The molecule has 1 aromatic carbocycles. The molecule has 0 aliphatic carbocycles. The molecule has 1 rings (SSSR count). The third-order valence-electron chi connectivity index (χ3n) is 2.53. The molecule has 0 saturated carbocycles. The van der Waals surface area contributed by atoms with Crippen molar-refractivity contribution in [2.24, 2.45) is 5.92 Å². The fourth-order valence-corrected chi connectivity index (χ4v) is 1.67. The summed E-state index contributed by atoms with van der Waals surface area (Å²) in [5, 5.41) is 13.3. The van der Waals surface area contributed by atoms with E-state index in [-0.39, 0.29) is 6.10 Å². The molecule has 1 unspecified atom stereocenters. The number of rotatable bonds is 7. The largest absolute Gasteiger partial charge is 0.491 e. The van der Waals surface area contributed by atoms with Crippen molar-refractivity contribution >= 4 is 0 Å². The lowest BCUT2D eigenvalue weighted by Crippen LogP contribution is -2.25. The zero-order valence-corrected chi connectivity index (χ0v) is 11.8. The number of aliphatic hydroxyl groups excluding tert-OH is 1. The topological polar surface area (TPSA) is 41.5 Å². The smallest absolute Gasteiger partial charge is 0.119 e. The monoisotopic (exact) mass is 251 g/mol. The van der Waals surface area contributed by atoms with Crippen molar-refractivity contribution in [3.05, 3.63) is 29.8 Å². The maximum Gasteiger partial charge on any atom is 0.119 e. The van der Waals surface area contributed by atoms with Crippen LogP contribution in [0, 0.1) is 5.92 Å². The summed E-state index contributed by atoms with van der Waals surface area (Å²) in [6.45, 7) is 9.81. The molecule has 18 heavy (non-hydrogen) atoms. The molecule has 2 N–H and O–H groups in total. The highest BCUT2D eigenvalue weighted by Crippen LogP contribution is 2.18. The van der Waals surface area contributed by atoms with Gasteiger partial charge in [0.15, 0.2) is 0 Å². The van der Waals surface area contributed by atoms with Gasteiger partial charge in [-0.05, 0) is 44.0 Å². The third-order valence-corrected chi connectivity index (χ3v) is 2.53. The number of hydrogen-bond acceptors (Lipinski definition) is 3. The highest BCUT2D eigenvalue weighted by molar-refractivity contribution is 5.28. The van der Waals surface area contributed by atoms with Crippen molar-refractivity contribution in [1.29, 1.82) is 0 Å². The minimum atomic E-state index is -0.461. The number of ether oxygens (including phenoxy) is 1. The predicted octanol–water partition coefficient (Wildman–Crippen LogP) is 2.75. The average molecular weight is 251 g/mol. The van der Waals surface area contributed by atoms with Crippen LogP contribution in [0.4, 0.5) is 0 Å². The zero-order chi connectivity index (χ0) is 13.5. The number of benzene rings is 1. The summed E-state index contributed by atoms with van der Waals surface area (Å²) in [4.78, 5) is 0. The van der Waals surface area contributed by atoms with E-state index in [4.69, 9.17) is 4.74 Å². The van der Waals surface area contributed by atoms with Crippen LogP contribution in [0.1, 0.15) is 39.4 Å². The summed E-state index contributed by atoms with van der Waals surface area (Å²) in [6, 6.07) is 7.64. The molecule has 0 bridgehead atoms. The van der Waals surface area contributed by atoms with Crippen LogP contribution in [0.5, 0.6) is 5.75 Å². The fraction of sp³-hybridized carbons (Fsp3) is 0.600. The molecular formula is C15H25NO2. The molecule has 3 nitrogen and oxygen atoms in total. The highest BCUT2D eigenvalue weighted by atomic mass is 16.5. The summed E-state index contributed by atoms with van der Waals surface area (Å²) < 4.78 is 5.56. The summed E-state index contributed by atoms with van der Waals surface area (Å²) in [7, 11) is 0. The van der Waals surface area contributed by atoms with Crippen molar-refractivity contribution in [3.63, 3.8) is 0 Å². The van der Waals surface area contributed by atoms with Crippen molar-refractivity contribution in [1.82, 2.24) is 5.32 Å². The van der Waals surface area contributed by atoms with Gasteiger partial charge in [-0.1, -0.05) is 26.0 Å². The molecule has 0 aliphatic heterocycles. The van der Waals surface area contributed by atoms with E-state index in [0.29, 0.717) is 12.5 Å². The Labute approximate surface area is 110 Å². The van der Waals surface area contributed by atoms with Crippen LogP contribution in [0.25, 0.3) is 0 Å². The number of aliphatic hydroxyl groups is 1. The van der Waals surface area contributed by atoms with Crippen molar-refractivity contribution in [2.45, 2.75) is 39.9 Å².